The van der Waals surface area contributed by atoms with Gasteiger partial charge in [-0.2, -0.15) is 0 Å². The van der Waals surface area contributed by atoms with E-state index in [1.807, 2.05) is 0 Å². The first kappa shape index (κ1) is 11.7. The highest BCUT2D eigenvalue weighted by Crippen LogP contribution is 2.28. The maximum absolute atomic E-state index is 6.20. The van der Waals surface area contributed by atoms with E-state index < -0.39 is 0 Å². The van der Waals surface area contributed by atoms with Crippen LogP contribution in [0.15, 0.2) is 12.7 Å². The molecule has 1 aliphatic rings. The second-order valence-corrected chi connectivity index (χ2v) is 5.45. The summed E-state index contributed by atoms with van der Waals surface area (Å²) in [6.45, 7) is 0.911. The summed E-state index contributed by atoms with van der Waals surface area (Å²) in [6, 6.07) is 0. The summed E-state index contributed by atoms with van der Waals surface area (Å²) < 4.78 is 0. The van der Waals surface area contributed by atoms with Crippen molar-refractivity contribution in [2.45, 2.75) is 31.1 Å². The number of aromatic amines is 1. The summed E-state index contributed by atoms with van der Waals surface area (Å²) >= 11 is 6.20. The second-order valence-electron chi connectivity index (χ2n) is 4.83. The fourth-order valence-electron chi connectivity index (χ4n) is 2.55. The van der Waals surface area contributed by atoms with Gasteiger partial charge in [0.15, 0.2) is 11.5 Å². The van der Waals surface area contributed by atoms with Crippen LogP contribution in [-0.2, 0) is 0 Å². The van der Waals surface area contributed by atoms with Crippen LogP contribution in [0.4, 0.5) is 5.82 Å². The summed E-state index contributed by atoms with van der Waals surface area (Å²) in [4.78, 5) is 15.5. The highest BCUT2D eigenvalue weighted by atomic mass is 35.5. The lowest BCUT2D eigenvalue weighted by molar-refractivity contribution is 0.378. The van der Waals surface area contributed by atoms with Crippen molar-refractivity contribution in [1.82, 2.24) is 19.9 Å². The number of halogens is 1. The number of hydrogen-bond donors (Lipinski definition) is 2. The Bertz CT molecular complexity index is 526. The highest BCUT2D eigenvalue weighted by Gasteiger charge is 2.20. The number of aromatic nitrogens is 4. The molecular formula is C12H16ClN5. The molecule has 5 nitrogen and oxygen atoms in total. The van der Waals surface area contributed by atoms with E-state index in [0.29, 0.717) is 16.9 Å². The lowest BCUT2D eigenvalue weighted by atomic mass is 9.89. The van der Waals surface area contributed by atoms with Crippen molar-refractivity contribution in [2.75, 3.05) is 11.9 Å². The first-order valence-electron chi connectivity index (χ1n) is 6.35. The predicted octanol–water partition coefficient (Wildman–Crippen LogP) is 2.56. The molecule has 2 N–H and O–H groups in total. The van der Waals surface area contributed by atoms with E-state index in [-0.39, 0.29) is 0 Å². The molecule has 0 radical (unpaired) electrons. The van der Waals surface area contributed by atoms with Crippen molar-refractivity contribution in [3.8, 4) is 0 Å². The van der Waals surface area contributed by atoms with Crippen molar-refractivity contribution >= 4 is 28.6 Å². The Morgan fingerprint density at radius 2 is 2.28 bits per heavy atom. The molecule has 2 aromatic rings. The van der Waals surface area contributed by atoms with Crippen LogP contribution >= 0.6 is 11.6 Å². The zero-order chi connectivity index (χ0) is 12.4. The normalized spacial score (nSPS) is 24.3. The maximum Gasteiger partial charge on any atom is 0.182 e. The third-order valence-corrected chi connectivity index (χ3v) is 3.90. The van der Waals surface area contributed by atoms with E-state index >= 15 is 0 Å². The van der Waals surface area contributed by atoms with E-state index in [4.69, 9.17) is 11.6 Å². The number of alkyl halides is 1. The molecule has 1 fully saturated rings. The molecule has 2 unspecified atom stereocenters. The lowest BCUT2D eigenvalue weighted by Gasteiger charge is -2.25. The van der Waals surface area contributed by atoms with E-state index in [1.165, 1.54) is 19.2 Å². The summed E-state index contributed by atoms with van der Waals surface area (Å²) in [7, 11) is 0. The van der Waals surface area contributed by atoms with Gasteiger partial charge >= 0.3 is 0 Å². The summed E-state index contributed by atoms with van der Waals surface area (Å²) in [5, 5.41) is 3.72. The Hall–Kier alpha value is -1.36. The number of imidazole rings is 1. The number of nitrogens with one attached hydrogen (secondary N) is 2. The second kappa shape index (κ2) is 5.10. The first-order chi connectivity index (χ1) is 8.83. The Morgan fingerprint density at radius 3 is 3.17 bits per heavy atom. The van der Waals surface area contributed by atoms with Crippen LogP contribution in [0.2, 0.25) is 0 Å². The molecule has 1 saturated carbocycles. The number of H-pyrrole nitrogens is 1. The van der Waals surface area contributed by atoms with Gasteiger partial charge in [0.2, 0.25) is 0 Å². The molecule has 0 spiro atoms. The average molecular weight is 266 g/mol. The van der Waals surface area contributed by atoms with Gasteiger partial charge in [-0.25, -0.2) is 15.0 Å². The molecule has 3 rings (SSSR count). The van der Waals surface area contributed by atoms with Crippen LogP contribution in [0.1, 0.15) is 25.7 Å². The third-order valence-electron chi connectivity index (χ3n) is 3.50. The lowest BCUT2D eigenvalue weighted by Crippen LogP contribution is -2.22. The Balaban J connectivity index is 1.67. The fourth-order valence-corrected chi connectivity index (χ4v) is 2.96. The topological polar surface area (TPSA) is 66.5 Å². The van der Waals surface area contributed by atoms with Gasteiger partial charge in [-0.1, -0.05) is 6.42 Å². The van der Waals surface area contributed by atoms with Gasteiger partial charge in [-0.05, 0) is 25.2 Å². The largest absolute Gasteiger partial charge is 0.368 e. The minimum Gasteiger partial charge on any atom is -0.368 e. The molecule has 2 atom stereocenters. The van der Waals surface area contributed by atoms with Gasteiger partial charge in [0.05, 0.1) is 6.33 Å². The van der Waals surface area contributed by atoms with Crippen molar-refractivity contribution in [2.24, 2.45) is 5.92 Å². The Labute approximate surface area is 110 Å². The zero-order valence-electron chi connectivity index (χ0n) is 10.1. The molecule has 6 heteroatoms. The number of nitrogens with zero attached hydrogens (tertiary/aromatic N) is 3. The van der Waals surface area contributed by atoms with Crippen molar-refractivity contribution in [3.05, 3.63) is 12.7 Å². The maximum atomic E-state index is 6.20. The Kier molecular flexibility index (Phi) is 3.32. The van der Waals surface area contributed by atoms with Crippen LogP contribution in [0.5, 0.6) is 0 Å². The monoisotopic (exact) mass is 265 g/mol. The molecule has 0 saturated heterocycles. The first-order valence-corrected chi connectivity index (χ1v) is 6.78. The van der Waals surface area contributed by atoms with Crippen molar-refractivity contribution in [1.29, 1.82) is 0 Å². The van der Waals surface area contributed by atoms with Gasteiger partial charge in [0.25, 0.3) is 0 Å². The van der Waals surface area contributed by atoms with Gasteiger partial charge < -0.3 is 10.3 Å². The minimum absolute atomic E-state index is 0.336. The standard InChI is InChI=1S/C12H16ClN5/c13-9-3-1-2-8(4-9)5-14-11-10-12(16-6-15-10)18-7-17-11/h6-9H,1-5H2,(H2,14,15,16,17,18). The van der Waals surface area contributed by atoms with Gasteiger partial charge in [-0.3, -0.25) is 0 Å². The fraction of sp³-hybridized carbons (Fsp3) is 0.583. The quantitative estimate of drug-likeness (QED) is 0.837. The van der Waals surface area contributed by atoms with Crippen molar-refractivity contribution in [3.63, 3.8) is 0 Å². The number of fused-ring (bicyclic) bond motifs is 1. The van der Waals surface area contributed by atoms with E-state index in [9.17, 15) is 0 Å². The smallest absolute Gasteiger partial charge is 0.182 e. The van der Waals surface area contributed by atoms with Gasteiger partial charge in [0.1, 0.15) is 11.8 Å². The van der Waals surface area contributed by atoms with Gasteiger partial charge in [0, 0.05) is 11.9 Å². The van der Waals surface area contributed by atoms with E-state index in [0.717, 1.165) is 30.7 Å². The number of hydrogen-bond acceptors (Lipinski definition) is 4. The molecule has 1 aliphatic carbocycles. The van der Waals surface area contributed by atoms with Crippen molar-refractivity contribution < 1.29 is 0 Å². The number of anilines is 1. The zero-order valence-corrected chi connectivity index (χ0v) is 10.8. The molecular weight excluding hydrogens is 250 g/mol. The molecule has 18 heavy (non-hydrogen) atoms. The van der Waals surface area contributed by atoms with Crippen LogP contribution in [0, 0.1) is 5.92 Å². The van der Waals surface area contributed by atoms with Crippen LogP contribution < -0.4 is 5.32 Å². The summed E-state index contributed by atoms with van der Waals surface area (Å²) in [5.41, 5.74) is 1.57. The Morgan fingerprint density at radius 1 is 1.33 bits per heavy atom. The molecule has 2 aromatic heterocycles. The molecule has 96 valence electrons. The molecule has 2 heterocycles. The SMILES string of the molecule is ClC1CCCC(CNc2ncnc3nc[nH]c23)C1. The minimum atomic E-state index is 0.336. The summed E-state index contributed by atoms with van der Waals surface area (Å²) in [6.07, 6.45) is 7.88. The van der Waals surface area contributed by atoms with E-state index in [2.05, 4.69) is 25.3 Å². The average Bonchev–Trinajstić information content (AvgIpc) is 2.85. The number of rotatable bonds is 3. The third kappa shape index (κ3) is 2.41. The molecule has 0 bridgehead atoms. The van der Waals surface area contributed by atoms with Crippen LogP contribution in [-0.4, -0.2) is 31.9 Å². The van der Waals surface area contributed by atoms with Crippen LogP contribution in [0.3, 0.4) is 0 Å². The predicted molar refractivity (Wildman–Crippen MR) is 71.8 cm³/mol. The van der Waals surface area contributed by atoms with E-state index in [1.54, 1.807) is 6.33 Å². The van der Waals surface area contributed by atoms with Crippen LogP contribution in [0.25, 0.3) is 11.2 Å². The molecule has 0 aliphatic heterocycles. The molecule has 0 amide bonds. The molecule has 0 aromatic carbocycles. The highest BCUT2D eigenvalue weighted by molar-refractivity contribution is 6.20. The summed E-state index contributed by atoms with van der Waals surface area (Å²) in [5.74, 6) is 1.46. The van der Waals surface area contributed by atoms with Gasteiger partial charge in [-0.15, -0.1) is 11.6 Å².